The number of sulfone groups is 1. The Labute approximate surface area is 198 Å². The third-order valence-electron chi connectivity index (χ3n) is 6.58. The number of nitrogens with zero attached hydrogens (tertiary/aromatic N) is 2. The van der Waals surface area contributed by atoms with Crippen molar-refractivity contribution in [3.05, 3.63) is 54.1 Å². The molecule has 0 aliphatic carbocycles. The second-order valence-electron chi connectivity index (χ2n) is 9.24. The molecule has 1 saturated heterocycles. The molecule has 0 bridgehead atoms. The number of hydrogen-bond donors (Lipinski definition) is 0. The van der Waals surface area contributed by atoms with Crippen molar-refractivity contribution < 1.29 is 21.6 Å². The fourth-order valence-corrected chi connectivity index (χ4v) is 6.64. The van der Waals surface area contributed by atoms with Crippen LogP contribution < -0.4 is 4.90 Å². The highest BCUT2D eigenvalue weighted by molar-refractivity contribution is 7.91. The summed E-state index contributed by atoms with van der Waals surface area (Å²) in [5.74, 6) is 0. The van der Waals surface area contributed by atoms with E-state index in [1.165, 1.54) is 38.4 Å². The number of para-hydroxylation sites is 1. The van der Waals surface area contributed by atoms with Crippen LogP contribution >= 0.6 is 0 Å². The molecule has 1 atom stereocenters. The van der Waals surface area contributed by atoms with Crippen LogP contribution in [0.3, 0.4) is 0 Å². The minimum absolute atomic E-state index is 0.0620. The monoisotopic (exact) mass is 494 g/mol. The van der Waals surface area contributed by atoms with Crippen molar-refractivity contribution in [2.24, 2.45) is 5.41 Å². The van der Waals surface area contributed by atoms with Gasteiger partial charge in [0.15, 0.2) is 9.84 Å². The van der Waals surface area contributed by atoms with Crippen molar-refractivity contribution in [3.8, 4) is 0 Å². The van der Waals surface area contributed by atoms with Gasteiger partial charge in [0, 0.05) is 40.0 Å². The van der Waals surface area contributed by atoms with E-state index >= 15 is 0 Å². The van der Waals surface area contributed by atoms with Crippen LogP contribution in [-0.4, -0.2) is 62.0 Å². The topological polar surface area (TPSA) is 84.0 Å². The number of piperidine rings is 1. The molecular weight excluding hydrogens is 460 g/mol. The van der Waals surface area contributed by atoms with Gasteiger partial charge in [-0.15, -0.1) is 0 Å². The molecular formula is C24H34N2O5S2. The van der Waals surface area contributed by atoms with E-state index in [-0.39, 0.29) is 15.2 Å². The Morgan fingerprint density at radius 3 is 2.06 bits per heavy atom. The van der Waals surface area contributed by atoms with E-state index in [2.05, 4.69) is 11.8 Å². The van der Waals surface area contributed by atoms with Gasteiger partial charge in [-0.05, 0) is 61.1 Å². The predicted octanol–water partition coefficient (Wildman–Crippen LogP) is 3.72. The lowest BCUT2D eigenvalue weighted by molar-refractivity contribution is 0.0731. The molecule has 3 rings (SSSR count). The Morgan fingerprint density at radius 1 is 0.970 bits per heavy atom. The summed E-state index contributed by atoms with van der Waals surface area (Å²) in [6.07, 6.45) is 1.94. The van der Waals surface area contributed by atoms with Gasteiger partial charge in [0.25, 0.3) is 0 Å². The van der Waals surface area contributed by atoms with Gasteiger partial charge in [-0.3, -0.25) is 0 Å². The number of anilines is 1. The highest BCUT2D eigenvalue weighted by Crippen LogP contribution is 2.38. The molecule has 0 spiro atoms. The van der Waals surface area contributed by atoms with E-state index in [9.17, 15) is 16.8 Å². The second kappa shape index (κ2) is 9.74. The molecule has 7 nitrogen and oxygen atoms in total. The van der Waals surface area contributed by atoms with Crippen molar-refractivity contribution in [2.45, 2.75) is 41.7 Å². The maximum Gasteiger partial charge on any atom is 0.242 e. The summed E-state index contributed by atoms with van der Waals surface area (Å²) in [5, 5.41) is -0.780. The van der Waals surface area contributed by atoms with Crippen molar-refractivity contribution in [1.29, 1.82) is 0 Å². The largest absolute Gasteiger partial charge is 0.384 e. The van der Waals surface area contributed by atoms with Gasteiger partial charge < -0.3 is 9.64 Å². The van der Waals surface area contributed by atoms with Crippen LogP contribution in [0.4, 0.5) is 5.69 Å². The van der Waals surface area contributed by atoms with Crippen LogP contribution in [0.5, 0.6) is 0 Å². The molecule has 1 aliphatic rings. The summed E-state index contributed by atoms with van der Waals surface area (Å²) in [5.41, 5.74) is 1.81. The zero-order valence-corrected chi connectivity index (χ0v) is 21.6. The molecule has 1 heterocycles. The number of rotatable bonds is 8. The lowest BCUT2D eigenvalue weighted by Gasteiger charge is -2.41. The molecule has 0 aromatic heterocycles. The number of benzene rings is 2. The number of methoxy groups -OCH3 is 1. The van der Waals surface area contributed by atoms with Crippen molar-refractivity contribution in [2.75, 3.05) is 45.8 Å². The van der Waals surface area contributed by atoms with Crippen LogP contribution in [-0.2, 0) is 24.6 Å². The van der Waals surface area contributed by atoms with Crippen LogP contribution in [0.15, 0.2) is 58.3 Å². The number of sulfonamides is 1. The molecule has 33 heavy (non-hydrogen) atoms. The normalized spacial score (nSPS) is 17.8. The van der Waals surface area contributed by atoms with Crippen LogP contribution in [0, 0.1) is 5.41 Å². The second-order valence-corrected chi connectivity index (χ2v) is 13.7. The smallest absolute Gasteiger partial charge is 0.242 e. The van der Waals surface area contributed by atoms with Crippen LogP contribution in [0.1, 0.15) is 37.5 Å². The van der Waals surface area contributed by atoms with Crippen molar-refractivity contribution in [1.82, 2.24) is 4.31 Å². The average molecular weight is 495 g/mol. The Kier molecular flexibility index (Phi) is 7.58. The molecule has 2 aromatic rings. The van der Waals surface area contributed by atoms with E-state index in [1.54, 1.807) is 14.0 Å². The lowest BCUT2D eigenvalue weighted by Crippen LogP contribution is -2.41. The zero-order chi connectivity index (χ0) is 24.4. The van der Waals surface area contributed by atoms with E-state index < -0.39 is 25.1 Å². The quantitative estimate of drug-likeness (QED) is 0.556. The molecule has 0 saturated carbocycles. The first-order valence-electron chi connectivity index (χ1n) is 11.0. The first kappa shape index (κ1) is 25.7. The van der Waals surface area contributed by atoms with Gasteiger partial charge in [0.05, 0.1) is 21.6 Å². The molecule has 2 aromatic carbocycles. The number of hydrogen-bond acceptors (Lipinski definition) is 6. The molecule has 0 amide bonds. The Bertz CT molecular complexity index is 1170. The van der Waals surface area contributed by atoms with Crippen LogP contribution in [0.2, 0.25) is 0 Å². The van der Waals surface area contributed by atoms with Gasteiger partial charge in [0.2, 0.25) is 10.0 Å². The number of ether oxygens (including phenoxy) is 1. The predicted molar refractivity (Wildman–Crippen MR) is 131 cm³/mol. The highest BCUT2D eigenvalue weighted by atomic mass is 32.2. The summed E-state index contributed by atoms with van der Waals surface area (Å²) < 4.78 is 58.0. The summed E-state index contributed by atoms with van der Waals surface area (Å²) in [7, 11) is -2.74. The SMILES string of the molecule is COCC1(C)CCN(c2ccccc2C(C)S(=O)(=O)c2ccc(S(=O)(=O)N(C)C)cc2)CC1. The lowest BCUT2D eigenvalue weighted by atomic mass is 9.81. The van der Waals surface area contributed by atoms with E-state index in [4.69, 9.17) is 4.74 Å². The minimum atomic E-state index is -3.72. The molecule has 0 radical (unpaired) electrons. The van der Waals surface area contributed by atoms with Gasteiger partial charge >= 0.3 is 0 Å². The summed E-state index contributed by atoms with van der Waals surface area (Å²) >= 11 is 0. The van der Waals surface area contributed by atoms with Crippen molar-refractivity contribution in [3.63, 3.8) is 0 Å². The fraction of sp³-hybridized carbons (Fsp3) is 0.500. The fourth-order valence-electron chi connectivity index (χ4n) is 4.28. The first-order valence-corrected chi connectivity index (χ1v) is 14.0. The van der Waals surface area contributed by atoms with E-state index in [1.807, 2.05) is 24.3 Å². The zero-order valence-electron chi connectivity index (χ0n) is 20.0. The maximum atomic E-state index is 13.5. The molecule has 1 aliphatic heterocycles. The molecule has 182 valence electrons. The Hall–Kier alpha value is -1.94. The van der Waals surface area contributed by atoms with Gasteiger partial charge in [0.1, 0.15) is 0 Å². The highest BCUT2D eigenvalue weighted by Gasteiger charge is 2.33. The summed E-state index contributed by atoms with van der Waals surface area (Å²) in [4.78, 5) is 2.42. The first-order chi connectivity index (χ1) is 15.4. The van der Waals surface area contributed by atoms with Crippen molar-refractivity contribution >= 4 is 25.5 Å². The molecule has 0 N–H and O–H groups in total. The molecule has 1 fully saturated rings. The van der Waals surface area contributed by atoms with E-state index in [0.717, 1.165) is 41.5 Å². The average Bonchev–Trinajstić information content (AvgIpc) is 2.79. The maximum absolute atomic E-state index is 13.5. The Balaban J connectivity index is 1.88. The summed E-state index contributed by atoms with van der Waals surface area (Å²) in [6, 6.07) is 13.1. The molecule has 9 heteroatoms. The standard InChI is InChI=1S/C24H34N2O5S2/c1-19(32(27,28)20-10-12-21(13-11-20)33(29,30)25(3)4)22-8-6-7-9-23(22)26-16-14-24(2,15-17-26)18-31-5/h6-13,19H,14-18H2,1-5H3. The third kappa shape index (κ3) is 5.26. The van der Waals surface area contributed by atoms with Gasteiger partial charge in [-0.25, -0.2) is 21.1 Å². The molecule has 1 unspecified atom stereocenters. The third-order valence-corrected chi connectivity index (χ3v) is 10.5. The van der Waals surface area contributed by atoms with Crippen LogP contribution in [0.25, 0.3) is 0 Å². The Morgan fingerprint density at radius 2 is 1.52 bits per heavy atom. The van der Waals surface area contributed by atoms with Gasteiger partial charge in [-0.1, -0.05) is 25.1 Å². The van der Waals surface area contributed by atoms with Gasteiger partial charge in [-0.2, -0.15) is 0 Å². The van der Waals surface area contributed by atoms with E-state index in [0.29, 0.717) is 6.61 Å². The summed E-state index contributed by atoms with van der Waals surface area (Å²) in [6.45, 7) is 6.30. The minimum Gasteiger partial charge on any atom is -0.384 e.